The van der Waals surface area contributed by atoms with Crippen molar-refractivity contribution < 1.29 is 40.3 Å². The Bertz CT molecular complexity index is 1970. The van der Waals surface area contributed by atoms with Crippen LogP contribution in [0.2, 0.25) is 0 Å². The summed E-state index contributed by atoms with van der Waals surface area (Å²) in [6.45, 7) is 4.37. The average molecular weight is 678 g/mol. The predicted octanol–water partition coefficient (Wildman–Crippen LogP) is 5.64. The summed E-state index contributed by atoms with van der Waals surface area (Å²) in [5, 5.41) is 6.64. The van der Waals surface area contributed by atoms with E-state index in [-0.39, 0.29) is 52.5 Å². The van der Waals surface area contributed by atoms with Crippen LogP contribution in [0.1, 0.15) is 50.6 Å². The van der Waals surface area contributed by atoms with E-state index in [9.17, 15) is 36.0 Å². The zero-order valence-corrected chi connectivity index (χ0v) is 26.3. The van der Waals surface area contributed by atoms with Crippen LogP contribution in [0.3, 0.4) is 0 Å². The zero-order valence-electron chi connectivity index (χ0n) is 25.5. The van der Waals surface area contributed by atoms with Gasteiger partial charge >= 0.3 is 18.0 Å². The number of alkyl halides is 3. The van der Waals surface area contributed by atoms with Gasteiger partial charge in [-0.15, -0.1) is 5.10 Å². The Balaban J connectivity index is 1.76. The van der Waals surface area contributed by atoms with Crippen LogP contribution >= 0.6 is 0 Å². The zero-order chi connectivity index (χ0) is 34.5. The predicted molar refractivity (Wildman–Crippen MR) is 164 cm³/mol. The summed E-state index contributed by atoms with van der Waals surface area (Å²) in [5.41, 5.74) is -2.55. The first-order valence-corrected chi connectivity index (χ1v) is 16.0. The van der Waals surface area contributed by atoms with Crippen molar-refractivity contribution in [2.75, 3.05) is 11.9 Å². The summed E-state index contributed by atoms with van der Waals surface area (Å²) in [6.07, 6.45) is -5.34. The van der Waals surface area contributed by atoms with E-state index >= 15 is 4.39 Å². The monoisotopic (exact) mass is 677 g/mol. The minimum absolute atomic E-state index is 0.0275. The Morgan fingerprint density at radius 1 is 1.00 bits per heavy atom. The first kappa shape index (κ1) is 34.9. The van der Waals surface area contributed by atoms with Crippen molar-refractivity contribution in [2.24, 2.45) is 0 Å². The number of rotatable bonds is 11. The van der Waals surface area contributed by atoms with Crippen molar-refractivity contribution in [1.29, 1.82) is 0 Å². The van der Waals surface area contributed by atoms with E-state index in [0.29, 0.717) is 11.1 Å². The summed E-state index contributed by atoms with van der Waals surface area (Å²) < 4.78 is 91.5. The van der Waals surface area contributed by atoms with Crippen LogP contribution in [0.4, 0.5) is 28.0 Å². The molecule has 47 heavy (non-hydrogen) atoms. The number of aryl methyl sites for hydroxylation is 1. The van der Waals surface area contributed by atoms with Crippen LogP contribution in [-0.4, -0.2) is 41.4 Å². The highest BCUT2D eigenvalue weighted by atomic mass is 32.2. The summed E-state index contributed by atoms with van der Waals surface area (Å²) in [6, 6.07) is 12.2. The maximum absolute atomic E-state index is 15.6. The van der Waals surface area contributed by atoms with Gasteiger partial charge < -0.3 is 10.1 Å². The van der Waals surface area contributed by atoms with E-state index in [1.165, 1.54) is 43.3 Å². The molecule has 0 aliphatic carbocycles. The lowest BCUT2D eigenvalue weighted by atomic mass is 10.0. The minimum atomic E-state index is -4.87. The third-order valence-electron chi connectivity index (χ3n) is 6.91. The van der Waals surface area contributed by atoms with Gasteiger partial charge in [0.05, 0.1) is 29.3 Å². The highest BCUT2D eigenvalue weighted by Gasteiger charge is 2.35. The molecule has 11 nitrogen and oxygen atoms in total. The molecule has 2 amide bonds. The summed E-state index contributed by atoms with van der Waals surface area (Å²) in [4.78, 5) is 37.0. The van der Waals surface area contributed by atoms with Gasteiger partial charge in [0.2, 0.25) is 5.91 Å². The van der Waals surface area contributed by atoms with Crippen LogP contribution in [0.25, 0.3) is 16.8 Å². The molecule has 0 unspecified atom stereocenters. The van der Waals surface area contributed by atoms with Gasteiger partial charge in [-0.25, -0.2) is 27.1 Å². The van der Waals surface area contributed by atoms with Crippen LogP contribution in [-0.2, 0) is 38.7 Å². The van der Waals surface area contributed by atoms with Gasteiger partial charge in [0, 0.05) is 29.7 Å². The van der Waals surface area contributed by atoms with Crippen molar-refractivity contribution in [2.45, 2.75) is 57.7 Å². The minimum Gasteiger partial charge on any atom is -0.449 e. The number of nitrogens with zero attached hydrogens (tertiary/aromatic N) is 3. The third-order valence-corrected chi connectivity index (χ3v) is 8.28. The molecule has 0 saturated heterocycles. The quantitative estimate of drug-likeness (QED) is 0.196. The number of aromatic nitrogens is 3. The molecule has 4 aromatic rings. The average Bonchev–Trinajstić information content (AvgIpc) is 3.31. The Hall–Kier alpha value is -4.99. The Morgan fingerprint density at radius 2 is 1.72 bits per heavy atom. The van der Waals surface area contributed by atoms with Crippen LogP contribution in [0, 0.1) is 5.82 Å². The Morgan fingerprint density at radius 3 is 2.36 bits per heavy atom. The van der Waals surface area contributed by atoms with Crippen LogP contribution in [0.15, 0.2) is 70.4 Å². The molecule has 0 spiro atoms. The van der Waals surface area contributed by atoms with Gasteiger partial charge in [-0.1, -0.05) is 44.2 Å². The summed E-state index contributed by atoms with van der Waals surface area (Å²) >= 11 is 0. The fourth-order valence-corrected chi connectivity index (χ4v) is 5.83. The number of halogens is 4. The van der Waals surface area contributed by atoms with Crippen molar-refractivity contribution in [3.63, 3.8) is 0 Å². The number of carbonyl (C=O) groups is 2. The standard InChI is InChI=1S/C31H31F4N5O6S/c1-4-9-27-37-40(25-17-21(36-28(41)5-2)14-15-23(25)31(33,34)35)30(43)39(27)18-20-13-12-19(16-24(20)32)22-10-7-8-11-26(22)47(44,45)38-29(42)46-6-3/h7-8,10-17H,4-6,9,18H2,1-3H3,(H,36,41)(H,38,42). The van der Waals surface area contributed by atoms with E-state index < -0.39 is 57.5 Å². The molecular weight excluding hydrogens is 646 g/mol. The first-order valence-electron chi connectivity index (χ1n) is 14.5. The van der Waals surface area contributed by atoms with Crippen molar-refractivity contribution in [3.05, 3.63) is 93.9 Å². The SMILES string of the molecule is CCCc1nn(-c2cc(NC(=O)CC)ccc2C(F)(F)F)c(=O)n1Cc1ccc(-c2ccccc2S(=O)(=O)NC(=O)OCC)cc1F. The molecule has 1 heterocycles. The molecule has 16 heteroatoms. The van der Waals surface area contributed by atoms with Crippen LogP contribution < -0.4 is 15.7 Å². The number of anilines is 1. The van der Waals surface area contributed by atoms with Gasteiger partial charge in [-0.3, -0.25) is 9.36 Å². The van der Waals surface area contributed by atoms with Gasteiger partial charge in [-0.2, -0.15) is 17.9 Å². The lowest BCUT2D eigenvalue weighted by molar-refractivity contribution is -0.137. The smallest absolute Gasteiger partial charge is 0.421 e. The first-order chi connectivity index (χ1) is 22.2. The number of nitrogens with one attached hydrogen (secondary N) is 2. The van der Waals surface area contributed by atoms with Gasteiger partial charge in [0.25, 0.3) is 10.0 Å². The van der Waals surface area contributed by atoms with E-state index in [4.69, 9.17) is 0 Å². The number of sulfonamides is 1. The summed E-state index contributed by atoms with van der Waals surface area (Å²) in [5.74, 6) is -1.19. The number of amides is 2. The largest absolute Gasteiger partial charge is 0.449 e. The van der Waals surface area contributed by atoms with E-state index in [1.807, 2.05) is 0 Å². The van der Waals surface area contributed by atoms with Gasteiger partial charge in [-0.05, 0) is 49.2 Å². The second-order valence-electron chi connectivity index (χ2n) is 10.2. The molecule has 0 radical (unpaired) electrons. The highest BCUT2D eigenvalue weighted by Crippen LogP contribution is 2.35. The van der Waals surface area contributed by atoms with E-state index in [2.05, 4.69) is 15.2 Å². The second-order valence-corrected chi connectivity index (χ2v) is 11.9. The fourth-order valence-electron chi connectivity index (χ4n) is 4.71. The second kappa shape index (κ2) is 14.2. The molecule has 0 saturated carbocycles. The molecule has 4 rings (SSSR count). The molecule has 0 bridgehead atoms. The Labute approximate surface area is 267 Å². The van der Waals surface area contributed by atoms with Crippen molar-refractivity contribution in [3.8, 4) is 16.8 Å². The van der Waals surface area contributed by atoms with Gasteiger partial charge in [0.1, 0.15) is 11.6 Å². The molecule has 0 aliphatic heterocycles. The lowest BCUT2D eigenvalue weighted by Crippen LogP contribution is -2.31. The normalized spacial score (nSPS) is 11.7. The topological polar surface area (TPSA) is 141 Å². The Kier molecular flexibility index (Phi) is 10.5. The number of ether oxygens (including phenoxy) is 1. The lowest BCUT2D eigenvalue weighted by Gasteiger charge is -2.14. The molecule has 0 aliphatic rings. The number of carbonyl (C=O) groups excluding carboxylic acids is 2. The van der Waals surface area contributed by atoms with E-state index in [1.54, 1.807) is 18.6 Å². The third kappa shape index (κ3) is 7.88. The molecule has 0 atom stereocenters. The van der Waals surface area contributed by atoms with E-state index in [0.717, 1.165) is 28.8 Å². The summed E-state index contributed by atoms with van der Waals surface area (Å²) in [7, 11) is -4.41. The number of hydrogen-bond acceptors (Lipinski definition) is 7. The molecule has 250 valence electrons. The molecule has 2 N–H and O–H groups in total. The number of benzene rings is 3. The fraction of sp³-hybridized carbons (Fsp3) is 0.290. The molecule has 0 fully saturated rings. The highest BCUT2D eigenvalue weighted by molar-refractivity contribution is 7.90. The van der Waals surface area contributed by atoms with Crippen molar-refractivity contribution in [1.82, 2.24) is 19.1 Å². The van der Waals surface area contributed by atoms with Crippen molar-refractivity contribution >= 4 is 27.7 Å². The molecular formula is C31H31F4N5O6S. The maximum atomic E-state index is 15.6. The van der Waals surface area contributed by atoms with Crippen LogP contribution in [0.5, 0.6) is 0 Å². The maximum Gasteiger partial charge on any atom is 0.421 e. The molecule has 1 aromatic heterocycles. The number of hydrogen-bond donors (Lipinski definition) is 2. The van der Waals surface area contributed by atoms with Gasteiger partial charge in [0.15, 0.2) is 0 Å². The molecule has 3 aromatic carbocycles.